The van der Waals surface area contributed by atoms with Gasteiger partial charge in [-0.25, -0.2) is 23.0 Å². The van der Waals surface area contributed by atoms with Crippen molar-refractivity contribution in [2.45, 2.75) is 82.0 Å². The Bertz CT molecular complexity index is 2250. The van der Waals surface area contributed by atoms with Crippen LogP contribution in [0.15, 0.2) is 71.8 Å². The molecule has 1 aliphatic heterocycles. The summed E-state index contributed by atoms with van der Waals surface area (Å²) < 4.78 is 83.9. The fourth-order valence-corrected chi connectivity index (χ4v) is 7.73. The fourth-order valence-electron chi connectivity index (χ4n) is 6.44. The van der Waals surface area contributed by atoms with Crippen LogP contribution in [0.4, 0.5) is 35.2 Å². The van der Waals surface area contributed by atoms with Gasteiger partial charge in [-0.1, -0.05) is 6.07 Å². The molecule has 3 aromatic carbocycles. The number of fused-ring (bicyclic) bond motifs is 1. The third-order valence-corrected chi connectivity index (χ3v) is 11.3. The molecule has 0 unspecified atom stereocenters. The Hall–Kier alpha value is -5.78. The Morgan fingerprint density at radius 2 is 1.75 bits per heavy atom. The summed E-state index contributed by atoms with van der Waals surface area (Å²) in [7, 11) is -3.24. The summed E-state index contributed by atoms with van der Waals surface area (Å²) in [6.45, 7) is 8.88. The van der Waals surface area contributed by atoms with Crippen molar-refractivity contribution in [1.29, 1.82) is 0 Å². The number of amides is 2. The van der Waals surface area contributed by atoms with Crippen LogP contribution in [0.1, 0.15) is 70.7 Å². The number of likely N-dealkylation sites (tertiary alicyclic amines) is 1. The van der Waals surface area contributed by atoms with Crippen molar-refractivity contribution < 1.29 is 55.0 Å². The largest absolute Gasteiger partial charge is 0.493 e. The molecule has 1 aromatic heterocycles. The summed E-state index contributed by atoms with van der Waals surface area (Å²) in [5.41, 5.74) is 6.64. The number of rotatable bonds is 12. The van der Waals surface area contributed by atoms with Crippen LogP contribution in [0.25, 0.3) is 10.8 Å². The molecule has 1 fully saturated rings. The number of carbonyl (C=O) groups excluding carboxylic acids is 3. The molecule has 57 heavy (non-hydrogen) atoms. The Morgan fingerprint density at radius 1 is 1.02 bits per heavy atom. The molecule has 1 aliphatic rings. The van der Waals surface area contributed by atoms with Gasteiger partial charge in [0.1, 0.15) is 11.9 Å². The first kappa shape index (κ1) is 42.4. The van der Waals surface area contributed by atoms with Gasteiger partial charge in [0.15, 0.2) is 21.3 Å². The lowest BCUT2D eigenvalue weighted by Gasteiger charge is -2.32. The van der Waals surface area contributed by atoms with Gasteiger partial charge in [-0.2, -0.15) is 13.2 Å². The number of benzene rings is 3. The van der Waals surface area contributed by atoms with Gasteiger partial charge < -0.3 is 35.0 Å². The van der Waals surface area contributed by atoms with E-state index in [-0.39, 0.29) is 34.6 Å². The summed E-state index contributed by atoms with van der Waals surface area (Å²) in [5, 5.41) is 3.80. The summed E-state index contributed by atoms with van der Waals surface area (Å²) in [6.07, 6.45) is -4.96. The average Bonchev–Trinajstić information content (AvgIpc) is 3.65. The summed E-state index contributed by atoms with van der Waals surface area (Å²) in [5.74, 6) is -2.05. The maximum Gasteiger partial charge on any atom is 0.493 e. The van der Waals surface area contributed by atoms with Gasteiger partial charge >= 0.3 is 18.2 Å². The number of aromatic nitrogens is 1. The van der Waals surface area contributed by atoms with Crippen LogP contribution in [0.3, 0.4) is 0 Å². The maximum absolute atomic E-state index is 15.0. The van der Waals surface area contributed by atoms with Crippen LogP contribution < -0.4 is 25.6 Å². The van der Waals surface area contributed by atoms with Crippen molar-refractivity contribution in [2.24, 2.45) is 0 Å². The predicted octanol–water partition coefficient (Wildman–Crippen LogP) is 7.30. The number of anilines is 3. The van der Waals surface area contributed by atoms with E-state index >= 15 is 4.79 Å². The zero-order valence-electron chi connectivity index (χ0n) is 32.1. The van der Waals surface area contributed by atoms with Gasteiger partial charge in [-0.05, 0) is 119 Å². The lowest BCUT2D eigenvalue weighted by Crippen LogP contribution is -2.39. The lowest BCUT2D eigenvalue weighted by atomic mass is 10.00. The van der Waals surface area contributed by atoms with Gasteiger partial charge in [0.2, 0.25) is 5.91 Å². The third-order valence-electron chi connectivity index (χ3n) is 9.11. The molecule has 18 heteroatoms. The van der Waals surface area contributed by atoms with E-state index in [1.165, 1.54) is 18.7 Å². The Labute approximate surface area is 327 Å². The van der Waals surface area contributed by atoms with Crippen LogP contribution in [-0.2, 0) is 29.0 Å². The number of hydroxylamine groups is 1. The molecular weight excluding hydrogens is 772 g/mol. The number of alkyl halides is 3. The highest BCUT2D eigenvalue weighted by Crippen LogP contribution is 2.42. The van der Waals surface area contributed by atoms with Gasteiger partial charge in [0.25, 0.3) is 0 Å². The molecule has 2 heterocycles. The van der Waals surface area contributed by atoms with Crippen molar-refractivity contribution >= 4 is 55.8 Å². The second-order valence-corrected chi connectivity index (χ2v) is 16.1. The molecule has 3 N–H and O–H groups in total. The summed E-state index contributed by atoms with van der Waals surface area (Å²) >= 11 is 0. The van der Waals surface area contributed by atoms with Crippen molar-refractivity contribution in [3.63, 3.8) is 0 Å². The first-order valence-electron chi connectivity index (χ1n) is 18.1. The smallest absolute Gasteiger partial charge is 0.490 e. The molecule has 0 aliphatic carbocycles. The number of pyridine rings is 1. The second-order valence-electron chi connectivity index (χ2n) is 13.7. The van der Waals surface area contributed by atoms with Crippen LogP contribution in [-0.4, -0.2) is 74.1 Å². The number of halogens is 3. The molecule has 14 nitrogen and oxygen atoms in total. The zero-order chi connectivity index (χ0) is 41.8. The maximum atomic E-state index is 15.0. The summed E-state index contributed by atoms with van der Waals surface area (Å²) in [4.78, 5) is 49.4. The molecule has 0 radical (unpaired) electrons. The highest BCUT2D eigenvalue weighted by molar-refractivity contribution is 7.92. The van der Waals surface area contributed by atoms with Gasteiger partial charge in [0, 0.05) is 23.8 Å². The van der Waals surface area contributed by atoms with E-state index in [9.17, 15) is 31.2 Å². The third kappa shape index (κ3) is 9.27. The van der Waals surface area contributed by atoms with Crippen molar-refractivity contribution in [3.8, 4) is 11.5 Å². The molecule has 0 spiro atoms. The topological polar surface area (TPSA) is 180 Å². The number of hydrogen-bond donors (Lipinski definition) is 2. The second kappa shape index (κ2) is 17.2. The van der Waals surface area contributed by atoms with Crippen LogP contribution in [0.2, 0.25) is 0 Å². The SMILES string of the molecule is CCOc1cc([C@H](Nc2ccc3c(N)nccc3c2)C(=O)N2CCC[C@@H]2c2cc(N(OC(=O)C(F)(F)F)C(=O)OC)ccc2S(=O)(=O)C(C)C)ccc1OC(C)C. The van der Waals surface area contributed by atoms with E-state index in [1.807, 2.05) is 13.8 Å². The number of carbonyl (C=O) groups is 3. The lowest BCUT2D eigenvalue weighted by molar-refractivity contribution is -0.200. The van der Waals surface area contributed by atoms with Crippen molar-refractivity contribution in [3.05, 3.63) is 78.0 Å². The molecule has 0 bridgehead atoms. The van der Waals surface area contributed by atoms with E-state index in [2.05, 4.69) is 19.9 Å². The molecular formula is C39H44F3N5O9S. The van der Waals surface area contributed by atoms with Gasteiger partial charge in [-0.15, -0.1) is 5.06 Å². The first-order valence-corrected chi connectivity index (χ1v) is 19.6. The number of nitrogen functional groups attached to an aromatic ring is 1. The normalized spacial score (nSPS) is 15.1. The number of nitrogens with zero attached hydrogens (tertiary/aromatic N) is 3. The number of ether oxygens (including phenoxy) is 3. The zero-order valence-corrected chi connectivity index (χ0v) is 32.9. The molecule has 4 aromatic rings. The highest BCUT2D eigenvalue weighted by Gasteiger charge is 2.45. The van der Waals surface area contributed by atoms with Crippen molar-refractivity contribution in [1.82, 2.24) is 9.88 Å². The van der Waals surface area contributed by atoms with E-state index in [0.29, 0.717) is 47.0 Å². The number of nitrogens with two attached hydrogens (primary N) is 1. The minimum atomic E-state index is -5.48. The minimum Gasteiger partial charge on any atom is -0.490 e. The number of hydrogen-bond acceptors (Lipinski definition) is 12. The van der Waals surface area contributed by atoms with Crippen molar-refractivity contribution in [2.75, 3.05) is 36.4 Å². The molecule has 306 valence electrons. The molecule has 1 saturated heterocycles. The van der Waals surface area contributed by atoms with Crippen LogP contribution in [0.5, 0.6) is 11.5 Å². The van der Waals surface area contributed by atoms with Crippen LogP contribution >= 0.6 is 0 Å². The van der Waals surface area contributed by atoms with E-state index < -0.39 is 57.0 Å². The fraction of sp³-hybridized carbons (Fsp3) is 0.385. The van der Waals surface area contributed by atoms with E-state index in [1.54, 1.807) is 55.6 Å². The van der Waals surface area contributed by atoms with E-state index in [4.69, 9.17) is 15.2 Å². The summed E-state index contributed by atoms with van der Waals surface area (Å²) in [6, 6.07) is 13.3. The molecule has 2 amide bonds. The molecule has 0 saturated carbocycles. The van der Waals surface area contributed by atoms with E-state index in [0.717, 1.165) is 30.7 Å². The quantitative estimate of drug-likeness (QED) is 0.137. The van der Waals surface area contributed by atoms with Crippen LogP contribution in [0, 0.1) is 0 Å². The molecule has 5 rings (SSSR count). The predicted molar refractivity (Wildman–Crippen MR) is 205 cm³/mol. The highest BCUT2D eigenvalue weighted by atomic mass is 32.2. The number of sulfone groups is 1. The number of nitrogens with one attached hydrogen (secondary N) is 1. The minimum absolute atomic E-state index is 0.00729. The standard InChI is InChI=1S/C39H44F3N5O9S/c1-7-54-32-20-25(10-14-31(32)55-22(2)3)34(45-26-11-13-28-24(19-26)16-17-44-35(28)43)36(48)46-18-8-9-30(46)29-21-27(12-15-33(29)57(51,52)23(4)5)47(38(50)53-6)56-37(49)39(40,41)42/h10-17,19-23,30,34,45H,7-9,18H2,1-6H3,(H2,43,44)/t30-,34+/m1/s1. The Kier molecular flexibility index (Phi) is 12.7. The van der Waals surface area contributed by atoms with Gasteiger partial charge in [-0.3, -0.25) is 4.79 Å². The molecule has 2 atom stereocenters. The average molecular weight is 816 g/mol. The van der Waals surface area contributed by atoms with Gasteiger partial charge in [0.05, 0.1) is 41.7 Å². The Morgan fingerprint density at radius 3 is 2.40 bits per heavy atom. The first-order chi connectivity index (χ1) is 26.9. The monoisotopic (exact) mass is 815 g/mol. The Balaban J connectivity index is 1.65. The number of methoxy groups -OCH3 is 1.